The van der Waals surface area contributed by atoms with Crippen LogP contribution in [-0.4, -0.2) is 38.2 Å². The van der Waals surface area contributed by atoms with E-state index in [0.29, 0.717) is 12.5 Å². The van der Waals surface area contributed by atoms with Gasteiger partial charge in [-0.3, -0.25) is 9.69 Å². The Morgan fingerprint density at radius 2 is 2.29 bits per heavy atom. The number of hydrogen-bond acceptors (Lipinski definition) is 3. The van der Waals surface area contributed by atoms with E-state index in [0.717, 1.165) is 19.5 Å². The maximum atomic E-state index is 11.5. The van der Waals surface area contributed by atoms with Gasteiger partial charge < -0.3 is 33.6 Å². The summed E-state index contributed by atoms with van der Waals surface area (Å²) in [5.41, 5.74) is 1.39. The molecule has 0 aromatic rings. The third-order valence-electron chi connectivity index (χ3n) is 3.64. The summed E-state index contributed by atoms with van der Waals surface area (Å²) in [6.45, 7) is 3.69. The van der Waals surface area contributed by atoms with Crippen molar-refractivity contribution in [3.05, 3.63) is 11.9 Å². The van der Waals surface area contributed by atoms with Gasteiger partial charge in [-0.2, -0.15) is 0 Å². The number of nitrogens with one attached hydrogen (secondary N) is 1. The van der Waals surface area contributed by atoms with Gasteiger partial charge in [-0.1, -0.05) is 6.92 Å². The van der Waals surface area contributed by atoms with Crippen LogP contribution in [0.25, 0.3) is 0 Å². The molecule has 3 atom stereocenters. The maximum Gasteiger partial charge on any atom is 0.309 e. The number of allylic oxidation sites excluding steroid dienone is 1. The number of esters is 1. The van der Waals surface area contributed by atoms with E-state index < -0.39 is 0 Å². The first kappa shape index (κ1) is 14.8. The standard InChI is InChI=1S/C12H20N2O2.HI/c1-4-11-9(7-16-12(11)15)5-10-6-13(2)8-14(10)3;/h6,9,11H,4-5,7-8H2,1-3H3;1H. The zero-order chi connectivity index (χ0) is 11.7. The summed E-state index contributed by atoms with van der Waals surface area (Å²) in [7, 11) is 4.26. The van der Waals surface area contributed by atoms with Crippen LogP contribution in [0, 0.1) is 11.8 Å². The van der Waals surface area contributed by atoms with Crippen molar-refractivity contribution in [1.29, 1.82) is 0 Å². The Balaban J connectivity index is 0.00000144. The van der Waals surface area contributed by atoms with E-state index in [1.807, 2.05) is 0 Å². The van der Waals surface area contributed by atoms with E-state index in [-0.39, 0.29) is 35.9 Å². The first-order chi connectivity index (χ1) is 7.61. The molecule has 0 radical (unpaired) electrons. The van der Waals surface area contributed by atoms with Gasteiger partial charge in [0.1, 0.15) is 5.70 Å². The van der Waals surface area contributed by atoms with Crippen LogP contribution in [0.1, 0.15) is 19.8 Å². The molecule has 2 aliphatic heterocycles. The Kier molecular flexibility index (Phi) is 5.24. The lowest BCUT2D eigenvalue weighted by Gasteiger charge is -2.15. The molecule has 2 rings (SSSR count). The Morgan fingerprint density at radius 1 is 1.59 bits per heavy atom. The van der Waals surface area contributed by atoms with Crippen molar-refractivity contribution in [2.24, 2.45) is 11.8 Å². The average Bonchev–Trinajstić information content (AvgIpc) is 2.72. The monoisotopic (exact) mass is 352 g/mol. The second kappa shape index (κ2) is 6.04. The normalized spacial score (nSPS) is 32.2. The third kappa shape index (κ3) is 3.13. The van der Waals surface area contributed by atoms with E-state index in [9.17, 15) is 4.79 Å². The van der Waals surface area contributed by atoms with Crippen molar-refractivity contribution < 1.29 is 38.4 Å². The molecule has 4 nitrogen and oxygen atoms in total. The minimum absolute atomic E-state index is 0. The Labute approximate surface area is 120 Å². The first-order valence-electron chi connectivity index (χ1n) is 6.02. The molecule has 0 aromatic heterocycles. The van der Waals surface area contributed by atoms with E-state index in [1.165, 1.54) is 10.6 Å². The highest BCUT2D eigenvalue weighted by atomic mass is 127. The first-order valence-corrected chi connectivity index (χ1v) is 6.02. The number of nitrogens with zero attached hydrogens (tertiary/aromatic N) is 1. The molecule has 3 unspecified atom stereocenters. The molecule has 0 bridgehead atoms. The van der Waals surface area contributed by atoms with Crippen molar-refractivity contribution in [2.45, 2.75) is 19.8 Å². The van der Waals surface area contributed by atoms with Gasteiger partial charge in [0.15, 0.2) is 6.67 Å². The molecule has 17 heavy (non-hydrogen) atoms. The molecule has 1 saturated heterocycles. The molecular formula is C12H21IN2O2. The summed E-state index contributed by atoms with van der Waals surface area (Å²) in [5.74, 6) is 0.488. The fourth-order valence-corrected chi connectivity index (χ4v) is 2.71. The minimum atomic E-state index is -0.00268. The van der Waals surface area contributed by atoms with Gasteiger partial charge >= 0.3 is 5.97 Å². The highest BCUT2D eigenvalue weighted by Crippen LogP contribution is 2.29. The molecule has 1 fully saturated rings. The molecule has 2 heterocycles. The smallest absolute Gasteiger partial charge is 0.309 e. The van der Waals surface area contributed by atoms with Crippen molar-refractivity contribution in [1.82, 2.24) is 4.90 Å². The van der Waals surface area contributed by atoms with Crippen molar-refractivity contribution in [3.63, 3.8) is 0 Å². The van der Waals surface area contributed by atoms with Crippen LogP contribution in [0.3, 0.4) is 0 Å². The van der Waals surface area contributed by atoms with Crippen LogP contribution in [0.2, 0.25) is 0 Å². The van der Waals surface area contributed by atoms with Gasteiger partial charge in [-0.05, 0) is 6.42 Å². The third-order valence-corrected chi connectivity index (χ3v) is 3.64. The van der Waals surface area contributed by atoms with E-state index >= 15 is 0 Å². The molecule has 0 spiro atoms. The largest absolute Gasteiger partial charge is 1.00 e. The molecule has 0 saturated carbocycles. The van der Waals surface area contributed by atoms with Gasteiger partial charge in [0.05, 0.1) is 25.8 Å². The summed E-state index contributed by atoms with van der Waals surface area (Å²) in [4.78, 5) is 15.1. The van der Waals surface area contributed by atoms with Crippen LogP contribution in [0.5, 0.6) is 0 Å². The number of carbonyl (C=O) groups excluding carboxylic acids is 1. The Bertz CT molecular complexity index is 320. The SMILES string of the molecule is CCC1C(=O)OCC1CC1=CN(C)C[NH+]1C.[I-]. The van der Waals surface area contributed by atoms with Gasteiger partial charge in [0, 0.05) is 19.4 Å². The number of halogens is 1. The molecule has 0 aliphatic carbocycles. The highest BCUT2D eigenvalue weighted by Gasteiger charge is 2.37. The van der Waals surface area contributed by atoms with Crippen molar-refractivity contribution >= 4 is 5.97 Å². The average molecular weight is 352 g/mol. The highest BCUT2D eigenvalue weighted by molar-refractivity contribution is 5.74. The molecule has 1 N–H and O–H groups in total. The number of rotatable bonds is 3. The fraction of sp³-hybridized carbons (Fsp3) is 0.750. The van der Waals surface area contributed by atoms with Gasteiger partial charge in [-0.15, -0.1) is 0 Å². The summed E-state index contributed by atoms with van der Waals surface area (Å²) in [6.07, 6.45) is 4.08. The molecule has 98 valence electrons. The number of carbonyl (C=O) groups is 1. The van der Waals surface area contributed by atoms with Gasteiger partial charge in [0.2, 0.25) is 0 Å². The molecule has 5 heteroatoms. The summed E-state index contributed by atoms with van der Waals surface area (Å²) < 4.78 is 5.15. The topological polar surface area (TPSA) is 34.0 Å². The quantitative estimate of drug-likeness (QED) is 0.430. The lowest BCUT2D eigenvalue weighted by atomic mass is 9.89. The zero-order valence-electron chi connectivity index (χ0n) is 10.7. The lowest BCUT2D eigenvalue weighted by molar-refractivity contribution is -0.842. The van der Waals surface area contributed by atoms with Crippen molar-refractivity contribution in [3.8, 4) is 0 Å². The van der Waals surface area contributed by atoms with Crippen LogP contribution in [0.4, 0.5) is 0 Å². The second-order valence-corrected chi connectivity index (χ2v) is 4.96. The molecule has 0 aromatic carbocycles. The number of hydrogen-bond donors (Lipinski definition) is 1. The van der Waals surface area contributed by atoms with Crippen LogP contribution in [0.15, 0.2) is 11.9 Å². The Hall–Kier alpha value is -0.300. The number of cyclic esters (lactones) is 1. The fourth-order valence-electron chi connectivity index (χ4n) is 2.71. The predicted molar refractivity (Wildman–Crippen MR) is 60.4 cm³/mol. The molecule has 0 amide bonds. The van der Waals surface area contributed by atoms with Crippen LogP contribution < -0.4 is 28.9 Å². The molecule has 2 aliphatic rings. The summed E-state index contributed by atoms with van der Waals surface area (Å²) >= 11 is 0. The molecular weight excluding hydrogens is 331 g/mol. The van der Waals surface area contributed by atoms with Gasteiger partial charge in [0.25, 0.3) is 0 Å². The number of ether oxygens (including phenoxy) is 1. The number of quaternary nitrogens is 1. The van der Waals surface area contributed by atoms with E-state index in [4.69, 9.17) is 4.74 Å². The van der Waals surface area contributed by atoms with Gasteiger partial charge in [-0.25, -0.2) is 0 Å². The van der Waals surface area contributed by atoms with Crippen LogP contribution in [-0.2, 0) is 9.53 Å². The summed E-state index contributed by atoms with van der Waals surface area (Å²) in [6, 6.07) is 0. The Morgan fingerprint density at radius 3 is 2.82 bits per heavy atom. The van der Waals surface area contributed by atoms with E-state index in [1.54, 1.807) is 0 Å². The lowest BCUT2D eigenvalue weighted by Crippen LogP contribution is -3.06. The summed E-state index contributed by atoms with van der Waals surface area (Å²) in [5, 5.41) is 0. The van der Waals surface area contributed by atoms with Crippen molar-refractivity contribution in [2.75, 3.05) is 27.4 Å². The minimum Gasteiger partial charge on any atom is -1.00 e. The van der Waals surface area contributed by atoms with E-state index in [2.05, 4.69) is 32.1 Å². The zero-order valence-corrected chi connectivity index (χ0v) is 12.9. The van der Waals surface area contributed by atoms with Crippen LogP contribution >= 0.6 is 0 Å². The predicted octanol–water partition coefficient (Wildman–Crippen LogP) is -3.16. The maximum absolute atomic E-state index is 11.5. The second-order valence-electron chi connectivity index (χ2n) is 4.96.